The van der Waals surface area contributed by atoms with Crippen molar-refractivity contribution in [2.45, 2.75) is 66.2 Å². The van der Waals surface area contributed by atoms with Crippen LogP contribution in [0.3, 0.4) is 0 Å². The van der Waals surface area contributed by atoms with E-state index < -0.39 is 18.9 Å². The van der Waals surface area contributed by atoms with Crippen LogP contribution in [0.15, 0.2) is 63.7 Å². The molecule has 1 rings (SSSR count). The predicted octanol–water partition coefficient (Wildman–Crippen LogP) is 4.26. The molecule has 2 unspecified atom stereocenters. The Balaban J connectivity index is 2.67. The van der Waals surface area contributed by atoms with E-state index in [9.17, 15) is 10.2 Å². The average Bonchev–Trinajstić information content (AvgIpc) is 2.59. The lowest BCUT2D eigenvalue weighted by molar-refractivity contribution is -0.00868. The highest BCUT2D eigenvalue weighted by Crippen LogP contribution is 2.40. The number of hydrogen-bond acceptors (Lipinski definition) is 4. The Morgan fingerprint density at radius 1 is 1.15 bits per heavy atom. The first-order valence-corrected chi connectivity index (χ1v) is 9.57. The van der Waals surface area contributed by atoms with E-state index >= 15 is 0 Å². The summed E-state index contributed by atoms with van der Waals surface area (Å²) in [5.74, 6) is 0. The third-order valence-corrected chi connectivity index (χ3v) is 4.88. The van der Waals surface area contributed by atoms with Crippen LogP contribution >= 0.6 is 0 Å². The van der Waals surface area contributed by atoms with Crippen LogP contribution in [0, 0.1) is 5.41 Å². The minimum Gasteiger partial charge on any atom is -0.393 e. The summed E-state index contributed by atoms with van der Waals surface area (Å²) >= 11 is 0. The Morgan fingerprint density at radius 3 is 2.44 bits per heavy atom. The highest BCUT2D eigenvalue weighted by atomic mass is 16.4. The van der Waals surface area contributed by atoms with Crippen molar-refractivity contribution in [3.8, 4) is 0 Å². The fraction of sp³-hybridized carbons (Fsp3) is 0.522. The van der Waals surface area contributed by atoms with Crippen molar-refractivity contribution in [1.29, 1.82) is 0 Å². The minimum atomic E-state index is -1.31. The summed E-state index contributed by atoms with van der Waals surface area (Å²) < 4.78 is 0. The molecule has 0 amide bonds. The van der Waals surface area contributed by atoms with Gasteiger partial charge in [-0.15, -0.1) is 0 Å². The van der Waals surface area contributed by atoms with E-state index in [1.807, 2.05) is 19.1 Å². The van der Waals surface area contributed by atoms with Gasteiger partial charge in [-0.3, -0.25) is 4.99 Å². The quantitative estimate of drug-likeness (QED) is 0.440. The van der Waals surface area contributed by atoms with Crippen molar-refractivity contribution in [1.82, 2.24) is 0 Å². The molecule has 0 heterocycles. The molecule has 2 atom stereocenters. The standard InChI is InChI=1S/C23H35NO3/c1-17(11-12-20-19(3)10-7-14-23(20,4)5)8-6-9-18(2)13-15-24-22(27)21(26)16-25/h6,8-9,11-13,15,21-22,25-27H,7,10,14,16H2,1-5H3. The lowest BCUT2D eigenvalue weighted by Gasteiger charge is -2.32. The molecule has 0 radical (unpaired) electrons. The van der Waals surface area contributed by atoms with E-state index in [4.69, 9.17) is 5.11 Å². The second kappa shape index (κ2) is 11.2. The van der Waals surface area contributed by atoms with Crippen molar-refractivity contribution in [3.63, 3.8) is 0 Å². The maximum absolute atomic E-state index is 9.43. The molecular weight excluding hydrogens is 338 g/mol. The third kappa shape index (κ3) is 8.21. The van der Waals surface area contributed by atoms with Crippen LogP contribution in [0.2, 0.25) is 0 Å². The van der Waals surface area contributed by atoms with E-state index in [0.29, 0.717) is 0 Å². The van der Waals surface area contributed by atoms with Crippen molar-refractivity contribution < 1.29 is 15.3 Å². The molecule has 3 N–H and O–H groups in total. The number of aliphatic hydroxyl groups excluding tert-OH is 3. The topological polar surface area (TPSA) is 73.1 Å². The van der Waals surface area contributed by atoms with E-state index in [2.05, 4.69) is 50.9 Å². The first-order valence-electron chi connectivity index (χ1n) is 9.57. The van der Waals surface area contributed by atoms with Crippen LogP contribution in [0.4, 0.5) is 0 Å². The molecule has 150 valence electrons. The van der Waals surface area contributed by atoms with Gasteiger partial charge in [0.05, 0.1) is 6.61 Å². The lowest BCUT2D eigenvalue weighted by Crippen LogP contribution is -2.27. The van der Waals surface area contributed by atoms with Crippen molar-refractivity contribution in [3.05, 3.63) is 58.7 Å². The maximum atomic E-state index is 9.43. The summed E-state index contributed by atoms with van der Waals surface area (Å²) in [6.45, 7) is 10.4. The molecule has 27 heavy (non-hydrogen) atoms. The molecule has 4 heteroatoms. The fourth-order valence-corrected chi connectivity index (χ4v) is 3.13. The predicted molar refractivity (Wildman–Crippen MR) is 114 cm³/mol. The molecule has 0 aromatic rings. The third-order valence-electron chi connectivity index (χ3n) is 4.88. The minimum absolute atomic E-state index is 0.252. The monoisotopic (exact) mass is 373 g/mol. The van der Waals surface area contributed by atoms with E-state index in [1.165, 1.54) is 42.2 Å². The molecule has 0 saturated heterocycles. The van der Waals surface area contributed by atoms with Crippen molar-refractivity contribution >= 4 is 6.21 Å². The smallest absolute Gasteiger partial charge is 0.173 e. The van der Waals surface area contributed by atoms with Gasteiger partial charge in [0.1, 0.15) is 6.10 Å². The van der Waals surface area contributed by atoms with Gasteiger partial charge in [-0.25, -0.2) is 0 Å². The number of allylic oxidation sites excluding steroid dienone is 10. The highest BCUT2D eigenvalue weighted by Gasteiger charge is 2.26. The summed E-state index contributed by atoms with van der Waals surface area (Å²) in [5.41, 5.74) is 5.35. The first-order chi connectivity index (χ1) is 12.7. The second-order valence-electron chi connectivity index (χ2n) is 7.91. The summed E-state index contributed by atoms with van der Waals surface area (Å²) in [6, 6.07) is 0. The molecular formula is C23H35NO3. The van der Waals surface area contributed by atoms with Gasteiger partial charge in [0.15, 0.2) is 6.23 Å². The van der Waals surface area contributed by atoms with Crippen molar-refractivity contribution in [2.75, 3.05) is 6.61 Å². The number of hydrogen-bond donors (Lipinski definition) is 3. The molecule has 1 aliphatic rings. The molecule has 0 spiro atoms. The number of aliphatic imine (C=N–C) groups is 1. The molecule has 4 nitrogen and oxygen atoms in total. The average molecular weight is 374 g/mol. The Morgan fingerprint density at radius 2 is 1.81 bits per heavy atom. The molecule has 0 aliphatic heterocycles. The van der Waals surface area contributed by atoms with Crippen LogP contribution in [0.25, 0.3) is 0 Å². The molecule has 1 aliphatic carbocycles. The van der Waals surface area contributed by atoms with E-state index in [-0.39, 0.29) is 5.41 Å². The molecule has 0 fully saturated rings. The summed E-state index contributed by atoms with van der Waals surface area (Å²) in [5, 5.41) is 27.4. The van der Waals surface area contributed by atoms with Crippen LogP contribution in [-0.2, 0) is 0 Å². The largest absolute Gasteiger partial charge is 0.393 e. The molecule has 0 saturated carbocycles. The van der Waals surface area contributed by atoms with Gasteiger partial charge in [0, 0.05) is 6.21 Å². The molecule has 0 bridgehead atoms. The lowest BCUT2D eigenvalue weighted by atomic mass is 9.72. The van der Waals surface area contributed by atoms with Gasteiger partial charge in [-0.2, -0.15) is 0 Å². The maximum Gasteiger partial charge on any atom is 0.173 e. The summed E-state index contributed by atoms with van der Waals surface area (Å²) in [6.07, 6.45) is 14.7. The molecule has 0 aromatic heterocycles. The summed E-state index contributed by atoms with van der Waals surface area (Å²) in [7, 11) is 0. The fourth-order valence-electron chi connectivity index (χ4n) is 3.13. The van der Waals surface area contributed by atoms with Gasteiger partial charge in [0.2, 0.25) is 0 Å². The Hall–Kier alpha value is -1.75. The van der Waals surface area contributed by atoms with Crippen LogP contribution < -0.4 is 0 Å². The van der Waals surface area contributed by atoms with Crippen LogP contribution in [-0.4, -0.2) is 40.5 Å². The van der Waals surface area contributed by atoms with E-state index in [1.54, 1.807) is 6.08 Å². The zero-order chi connectivity index (χ0) is 20.4. The van der Waals surface area contributed by atoms with Gasteiger partial charge < -0.3 is 15.3 Å². The van der Waals surface area contributed by atoms with E-state index in [0.717, 1.165) is 5.57 Å². The first kappa shape index (κ1) is 23.3. The number of rotatable bonds is 8. The highest BCUT2D eigenvalue weighted by molar-refractivity contribution is 5.73. The molecule has 0 aromatic carbocycles. The normalized spacial score (nSPS) is 21.6. The van der Waals surface area contributed by atoms with Crippen molar-refractivity contribution in [2.24, 2.45) is 10.4 Å². The Kier molecular flexibility index (Phi) is 9.64. The second-order valence-corrected chi connectivity index (χ2v) is 7.91. The Labute approximate surface area is 164 Å². The summed E-state index contributed by atoms with van der Waals surface area (Å²) in [4.78, 5) is 3.76. The van der Waals surface area contributed by atoms with Gasteiger partial charge in [0.25, 0.3) is 0 Å². The zero-order valence-corrected chi connectivity index (χ0v) is 17.3. The van der Waals surface area contributed by atoms with Gasteiger partial charge in [-0.05, 0) is 62.7 Å². The van der Waals surface area contributed by atoms with Crippen LogP contribution in [0.1, 0.15) is 53.9 Å². The Bertz CT molecular complexity index is 663. The number of aliphatic hydroxyl groups is 3. The zero-order valence-electron chi connectivity index (χ0n) is 17.3. The SMILES string of the molecule is CC(C=CC1=C(C)CCCC1(C)C)=CC=CC(C)=CC=NC(O)C(O)CO. The number of nitrogens with zero attached hydrogens (tertiary/aromatic N) is 1. The van der Waals surface area contributed by atoms with Crippen LogP contribution in [0.5, 0.6) is 0 Å². The van der Waals surface area contributed by atoms with Gasteiger partial charge >= 0.3 is 0 Å². The van der Waals surface area contributed by atoms with Gasteiger partial charge in [-0.1, -0.05) is 55.4 Å².